The van der Waals surface area contributed by atoms with Crippen molar-refractivity contribution >= 4 is 35.2 Å². The van der Waals surface area contributed by atoms with Gasteiger partial charge in [0.15, 0.2) is 0 Å². The molecule has 1 aliphatic heterocycles. The lowest BCUT2D eigenvalue weighted by Gasteiger charge is -2.13. The van der Waals surface area contributed by atoms with Crippen molar-refractivity contribution in [3.05, 3.63) is 39.9 Å². The molecule has 102 valence electrons. The van der Waals surface area contributed by atoms with Gasteiger partial charge in [0.1, 0.15) is 0 Å². The Kier molecular flexibility index (Phi) is 4.86. The average Bonchev–Trinajstić information content (AvgIpc) is 2.88. The summed E-state index contributed by atoms with van der Waals surface area (Å²) in [4.78, 5) is 13.7. The van der Waals surface area contributed by atoms with Crippen molar-refractivity contribution in [3.63, 3.8) is 0 Å². The molecular weight excluding hydrogens is 285 g/mol. The molecule has 0 radical (unpaired) electrons. The molecule has 1 heterocycles. The Bertz CT molecular complexity index is 502. The number of amides is 1. The minimum Gasteiger partial charge on any atom is -0.380 e. The Morgan fingerprint density at radius 1 is 1.42 bits per heavy atom. The first-order valence-electron chi connectivity index (χ1n) is 6.05. The van der Waals surface area contributed by atoms with Crippen LogP contribution >= 0.6 is 23.2 Å². The van der Waals surface area contributed by atoms with Gasteiger partial charge in [0, 0.05) is 26.3 Å². The minimum atomic E-state index is -0.00868. The molecule has 3 nitrogen and oxygen atoms in total. The number of carbonyl (C=O) groups excluding carboxylic acids is 1. The maximum Gasteiger partial charge on any atom is 0.246 e. The molecule has 0 aromatic heterocycles. The van der Waals surface area contributed by atoms with Crippen molar-refractivity contribution in [1.82, 2.24) is 4.90 Å². The van der Waals surface area contributed by atoms with E-state index in [0.29, 0.717) is 16.6 Å². The maximum absolute atomic E-state index is 12.0. The summed E-state index contributed by atoms with van der Waals surface area (Å²) in [5.74, 6) is -0.00868. The Morgan fingerprint density at radius 2 is 2.21 bits per heavy atom. The first-order chi connectivity index (χ1) is 9.10. The van der Waals surface area contributed by atoms with Crippen LogP contribution in [0, 0.1) is 0 Å². The predicted octanol–water partition coefficient (Wildman–Crippen LogP) is 3.25. The number of benzene rings is 1. The van der Waals surface area contributed by atoms with Crippen molar-refractivity contribution < 1.29 is 9.53 Å². The molecule has 0 N–H and O–H groups in total. The first-order valence-corrected chi connectivity index (χ1v) is 6.80. The van der Waals surface area contributed by atoms with E-state index < -0.39 is 0 Å². The summed E-state index contributed by atoms with van der Waals surface area (Å²) < 4.78 is 5.23. The van der Waals surface area contributed by atoms with Crippen LogP contribution in [0.15, 0.2) is 24.3 Å². The van der Waals surface area contributed by atoms with Crippen LogP contribution in [0.4, 0.5) is 0 Å². The van der Waals surface area contributed by atoms with Gasteiger partial charge in [-0.2, -0.15) is 0 Å². The lowest BCUT2D eigenvalue weighted by molar-refractivity contribution is -0.125. The number of ether oxygens (including phenoxy) is 1. The van der Waals surface area contributed by atoms with E-state index in [9.17, 15) is 4.79 Å². The van der Waals surface area contributed by atoms with Gasteiger partial charge in [0.25, 0.3) is 0 Å². The highest BCUT2D eigenvalue weighted by molar-refractivity contribution is 6.42. The largest absolute Gasteiger partial charge is 0.380 e. The van der Waals surface area contributed by atoms with Crippen LogP contribution in [-0.2, 0) is 9.53 Å². The molecule has 19 heavy (non-hydrogen) atoms. The third kappa shape index (κ3) is 3.72. The molecular formula is C14H15Cl2NO2. The van der Waals surface area contributed by atoms with Crippen LogP contribution in [0.25, 0.3) is 6.08 Å². The molecule has 0 bridgehead atoms. The van der Waals surface area contributed by atoms with Crippen LogP contribution < -0.4 is 0 Å². The number of likely N-dealkylation sites (tertiary alicyclic amines) is 1. The highest BCUT2D eigenvalue weighted by atomic mass is 35.5. The monoisotopic (exact) mass is 299 g/mol. The number of methoxy groups -OCH3 is 1. The molecule has 0 spiro atoms. The van der Waals surface area contributed by atoms with Gasteiger partial charge < -0.3 is 9.64 Å². The summed E-state index contributed by atoms with van der Waals surface area (Å²) in [7, 11) is 1.67. The molecule has 2 rings (SSSR count). The zero-order valence-corrected chi connectivity index (χ0v) is 12.1. The molecule has 1 unspecified atom stereocenters. The predicted molar refractivity (Wildman–Crippen MR) is 77.5 cm³/mol. The van der Waals surface area contributed by atoms with Gasteiger partial charge in [0.05, 0.1) is 16.1 Å². The van der Waals surface area contributed by atoms with Crippen LogP contribution in [0.2, 0.25) is 10.0 Å². The molecule has 0 aliphatic carbocycles. The zero-order chi connectivity index (χ0) is 13.8. The van der Waals surface area contributed by atoms with E-state index >= 15 is 0 Å². The minimum absolute atomic E-state index is 0.00868. The van der Waals surface area contributed by atoms with E-state index in [1.54, 1.807) is 36.3 Å². The van der Waals surface area contributed by atoms with Crippen molar-refractivity contribution in [3.8, 4) is 0 Å². The summed E-state index contributed by atoms with van der Waals surface area (Å²) >= 11 is 11.8. The Hall–Kier alpha value is -1.03. The first kappa shape index (κ1) is 14.4. The van der Waals surface area contributed by atoms with Crippen molar-refractivity contribution in [2.24, 2.45) is 0 Å². The molecule has 1 atom stereocenters. The zero-order valence-electron chi connectivity index (χ0n) is 10.6. The summed E-state index contributed by atoms with van der Waals surface area (Å²) in [6, 6.07) is 5.26. The van der Waals surface area contributed by atoms with Gasteiger partial charge >= 0.3 is 0 Å². The number of rotatable bonds is 3. The van der Waals surface area contributed by atoms with Gasteiger partial charge in [-0.15, -0.1) is 0 Å². The Labute approximate surface area is 122 Å². The molecule has 1 aromatic rings. The van der Waals surface area contributed by atoms with Crippen molar-refractivity contribution in [1.29, 1.82) is 0 Å². The van der Waals surface area contributed by atoms with E-state index in [0.717, 1.165) is 18.5 Å². The molecule has 0 saturated carbocycles. The van der Waals surface area contributed by atoms with E-state index in [2.05, 4.69) is 0 Å². The van der Waals surface area contributed by atoms with Crippen molar-refractivity contribution in [2.45, 2.75) is 12.5 Å². The summed E-state index contributed by atoms with van der Waals surface area (Å²) in [5.41, 5.74) is 0.852. The maximum atomic E-state index is 12.0. The van der Waals surface area contributed by atoms with E-state index in [1.165, 1.54) is 0 Å². The number of nitrogens with zero attached hydrogens (tertiary/aromatic N) is 1. The molecule has 1 aliphatic rings. The molecule has 1 amide bonds. The third-order valence-electron chi connectivity index (χ3n) is 3.15. The van der Waals surface area contributed by atoms with Gasteiger partial charge in [-0.1, -0.05) is 29.3 Å². The van der Waals surface area contributed by atoms with E-state index in [1.807, 2.05) is 6.07 Å². The van der Waals surface area contributed by atoms with Gasteiger partial charge in [0.2, 0.25) is 5.91 Å². The van der Waals surface area contributed by atoms with Gasteiger partial charge in [-0.25, -0.2) is 0 Å². The molecule has 1 aromatic carbocycles. The summed E-state index contributed by atoms with van der Waals surface area (Å²) in [5, 5.41) is 0.990. The standard InChI is InChI=1S/C14H15Cl2NO2/c1-19-11-6-7-17(9-11)14(18)5-3-10-2-4-12(15)13(16)8-10/h2-5,8,11H,6-7,9H2,1H3/b5-3+. The van der Waals surface area contributed by atoms with Crippen LogP contribution in [0.3, 0.4) is 0 Å². The quantitative estimate of drug-likeness (QED) is 0.802. The lowest BCUT2D eigenvalue weighted by Crippen LogP contribution is -2.28. The fourth-order valence-electron chi connectivity index (χ4n) is 2.01. The topological polar surface area (TPSA) is 29.5 Å². The Balaban J connectivity index is 1.98. The van der Waals surface area contributed by atoms with E-state index in [-0.39, 0.29) is 12.0 Å². The van der Waals surface area contributed by atoms with Crippen LogP contribution in [-0.4, -0.2) is 37.1 Å². The normalized spacial score (nSPS) is 19.3. The highest BCUT2D eigenvalue weighted by Crippen LogP contribution is 2.23. The summed E-state index contributed by atoms with van der Waals surface area (Å²) in [6.45, 7) is 1.39. The van der Waals surface area contributed by atoms with Gasteiger partial charge in [-0.05, 0) is 30.2 Å². The number of halogens is 2. The van der Waals surface area contributed by atoms with Gasteiger partial charge in [-0.3, -0.25) is 4.79 Å². The second-order valence-electron chi connectivity index (χ2n) is 4.44. The second-order valence-corrected chi connectivity index (χ2v) is 5.25. The number of hydrogen-bond acceptors (Lipinski definition) is 2. The highest BCUT2D eigenvalue weighted by Gasteiger charge is 2.24. The fraction of sp³-hybridized carbons (Fsp3) is 0.357. The Morgan fingerprint density at radius 3 is 2.84 bits per heavy atom. The number of carbonyl (C=O) groups is 1. The SMILES string of the molecule is COC1CCN(C(=O)/C=C/c2ccc(Cl)c(Cl)c2)C1. The smallest absolute Gasteiger partial charge is 0.246 e. The molecule has 1 fully saturated rings. The van der Waals surface area contributed by atoms with E-state index in [4.69, 9.17) is 27.9 Å². The summed E-state index contributed by atoms with van der Waals surface area (Å²) in [6.07, 6.45) is 4.34. The second kappa shape index (κ2) is 6.42. The van der Waals surface area contributed by atoms with Crippen LogP contribution in [0.1, 0.15) is 12.0 Å². The van der Waals surface area contributed by atoms with Crippen molar-refractivity contribution in [2.75, 3.05) is 20.2 Å². The third-order valence-corrected chi connectivity index (χ3v) is 3.89. The van der Waals surface area contributed by atoms with Crippen LogP contribution in [0.5, 0.6) is 0 Å². The number of hydrogen-bond donors (Lipinski definition) is 0. The lowest BCUT2D eigenvalue weighted by atomic mass is 10.2. The molecule has 5 heteroatoms. The average molecular weight is 300 g/mol. The fourth-order valence-corrected chi connectivity index (χ4v) is 2.32. The molecule has 1 saturated heterocycles.